The third-order valence-electron chi connectivity index (χ3n) is 11.4. The van der Waals surface area contributed by atoms with Crippen LogP contribution in [0, 0.1) is 0 Å². The quantitative estimate of drug-likeness (QED) is 0.168. The van der Waals surface area contributed by atoms with Gasteiger partial charge in [-0.05, 0) is 58.5 Å². The first-order valence-electron chi connectivity index (χ1n) is 16.7. The smallest absolute Gasteiger partial charge is 0.336 e. The van der Waals surface area contributed by atoms with Crippen LogP contribution >= 0.6 is 0 Å². The highest BCUT2D eigenvalue weighted by atomic mass is 16.5. The van der Waals surface area contributed by atoms with E-state index in [1.807, 2.05) is 0 Å². The molecule has 7 aromatic carbocycles. The standard InChI is InChI=1S/C42H22B2N2O2/c1-3-17-33-23(9-1)27-13-5-15-29-25-11-7-19-35-39(25)43(45(33)41(27)29)31-21-38-32(22-37(31)47-35)44-40-26(12-8-20-36(40)48-38)30-16-6-14-28-24-10-2-4-18-34(24)46(44)42(28)30/h1-22H. The Hall–Kier alpha value is -6.13. The summed E-state index contributed by atoms with van der Waals surface area (Å²) < 4.78 is 19.0. The van der Waals surface area contributed by atoms with Gasteiger partial charge in [0.25, 0.3) is 0 Å². The molecule has 0 amide bonds. The molecule has 4 aliphatic heterocycles. The second-order valence-electron chi connectivity index (χ2n) is 13.5. The van der Waals surface area contributed by atoms with Crippen LogP contribution in [0.2, 0.25) is 0 Å². The minimum atomic E-state index is -0.0509. The fourth-order valence-electron chi connectivity index (χ4n) is 9.66. The second-order valence-corrected chi connectivity index (χ2v) is 13.5. The molecule has 4 nitrogen and oxygen atoms in total. The van der Waals surface area contributed by atoms with E-state index < -0.39 is 0 Å². The van der Waals surface area contributed by atoms with E-state index in [2.05, 4.69) is 142 Å². The molecule has 0 unspecified atom stereocenters. The van der Waals surface area contributed by atoms with Crippen molar-refractivity contribution in [2.75, 3.05) is 0 Å². The second kappa shape index (κ2) is 8.04. The summed E-state index contributed by atoms with van der Waals surface area (Å²) in [4.78, 5) is 0. The van der Waals surface area contributed by atoms with Crippen molar-refractivity contribution >= 4 is 79.2 Å². The zero-order chi connectivity index (χ0) is 30.8. The van der Waals surface area contributed by atoms with Crippen LogP contribution in [0.3, 0.4) is 0 Å². The van der Waals surface area contributed by atoms with Crippen LogP contribution in [0.5, 0.6) is 23.0 Å². The van der Waals surface area contributed by atoms with Gasteiger partial charge >= 0.3 is 13.7 Å². The van der Waals surface area contributed by atoms with Gasteiger partial charge in [0.15, 0.2) is 0 Å². The third-order valence-corrected chi connectivity index (χ3v) is 11.4. The lowest BCUT2D eigenvalue weighted by molar-refractivity contribution is 0.475. The summed E-state index contributed by atoms with van der Waals surface area (Å²) >= 11 is 0. The Labute approximate surface area is 275 Å². The summed E-state index contributed by atoms with van der Waals surface area (Å²) in [5.41, 5.74) is 14.7. The van der Waals surface area contributed by atoms with Crippen molar-refractivity contribution in [3.05, 3.63) is 133 Å². The van der Waals surface area contributed by atoms with Crippen LogP contribution in [0.1, 0.15) is 0 Å². The first kappa shape index (κ1) is 24.1. The molecule has 9 aromatic rings. The van der Waals surface area contributed by atoms with E-state index in [-0.39, 0.29) is 13.7 Å². The molecule has 4 aliphatic rings. The van der Waals surface area contributed by atoms with Gasteiger partial charge in [0.1, 0.15) is 23.0 Å². The van der Waals surface area contributed by atoms with Crippen molar-refractivity contribution in [1.29, 1.82) is 0 Å². The molecule has 13 rings (SSSR count). The Morgan fingerprint density at radius 1 is 0.375 bits per heavy atom. The van der Waals surface area contributed by atoms with Crippen LogP contribution < -0.4 is 31.3 Å². The molecule has 0 saturated heterocycles. The Morgan fingerprint density at radius 2 is 0.792 bits per heavy atom. The van der Waals surface area contributed by atoms with Gasteiger partial charge in [-0.3, -0.25) is 0 Å². The molecule has 0 bridgehead atoms. The number of para-hydroxylation sites is 4. The molecule has 2 aromatic heterocycles. The van der Waals surface area contributed by atoms with Gasteiger partial charge in [-0.1, -0.05) is 97.1 Å². The Morgan fingerprint density at radius 3 is 1.29 bits per heavy atom. The topological polar surface area (TPSA) is 28.3 Å². The highest BCUT2D eigenvalue weighted by molar-refractivity contribution is 6.90. The van der Waals surface area contributed by atoms with E-state index in [1.165, 1.54) is 76.8 Å². The number of hydrogen-bond donors (Lipinski definition) is 0. The number of aromatic nitrogens is 2. The number of ether oxygens (including phenoxy) is 2. The van der Waals surface area contributed by atoms with Crippen molar-refractivity contribution in [2.24, 2.45) is 0 Å². The summed E-state index contributed by atoms with van der Waals surface area (Å²) in [6, 6.07) is 48.6. The van der Waals surface area contributed by atoms with Gasteiger partial charge in [-0.25, -0.2) is 0 Å². The lowest BCUT2D eigenvalue weighted by atomic mass is 9.43. The van der Waals surface area contributed by atoms with E-state index >= 15 is 0 Å². The molecule has 0 radical (unpaired) electrons. The summed E-state index contributed by atoms with van der Waals surface area (Å²) in [5.74, 6) is 3.63. The minimum Gasteiger partial charge on any atom is -0.458 e. The van der Waals surface area contributed by atoms with Gasteiger partial charge in [0, 0.05) is 65.7 Å². The molecule has 218 valence electrons. The highest BCUT2D eigenvalue weighted by Gasteiger charge is 2.45. The fraction of sp³-hybridized carbons (Fsp3) is 0. The summed E-state index contributed by atoms with van der Waals surface area (Å²) in [5, 5.41) is 5.12. The van der Waals surface area contributed by atoms with Crippen LogP contribution in [0.4, 0.5) is 0 Å². The van der Waals surface area contributed by atoms with Crippen LogP contribution in [0.15, 0.2) is 133 Å². The lowest BCUT2D eigenvalue weighted by Gasteiger charge is -2.37. The van der Waals surface area contributed by atoms with E-state index in [4.69, 9.17) is 9.47 Å². The summed E-state index contributed by atoms with van der Waals surface area (Å²) in [7, 11) is 0. The average molecular weight is 608 g/mol. The normalized spacial score (nSPS) is 14.1. The zero-order valence-electron chi connectivity index (χ0n) is 25.6. The number of fused-ring (bicyclic) bond motifs is 14. The highest BCUT2D eigenvalue weighted by Crippen LogP contribution is 2.45. The fourth-order valence-corrected chi connectivity index (χ4v) is 9.66. The van der Waals surface area contributed by atoms with E-state index in [9.17, 15) is 0 Å². The molecule has 0 N–H and O–H groups in total. The molecule has 0 atom stereocenters. The number of rotatable bonds is 0. The summed E-state index contributed by atoms with van der Waals surface area (Å²) in [6.45, 7) is -0.102. The zero-order valence-corrected chi connectivity index (χ0v) is 25.6. The Balaban J connectivity index is 1.14. The summed E-state index contributed by atoms with van der Waals surface area (Å²) in [6.07, 6.45) is 0. The molecule has 0 saturated carbocycles. The number of benzene rings is 7. The van der Waals surface area contributed by atoms with Crippen LogP contribution in [-0.2, 0) is 0 Å². The van der Waals surface area contributed by atoms with Gasteiger partial charge in [0.05, 0.1) is 0 Å². The van der Waals surface area contributed by atoms with Gasteiger partial charge < -0.3 is 18.4 Å². The molecule has 6 heteroatoms. The van der Waals surface area contributed by atoms with Crippen molar-refractivity contribution in [3.8, 4) is 45.3 Å². The van der Waals surface area contributed by atoms with Crippen molar-refractivity contribution in [1.82, 2.24) is 8.96 Å². The Kier molecular flexibility index (Phi) is 4.04. The predicted octanol–water partition coefficient (Wildman–Crippen LogP) is 7.38. The molecular weight excluding hydrogens is 586 g/mol. The van der Waals surface area contributed by atoms with Gasteiger partial charge in [-0.15, -0.1) is 0 Å². The maximum atomic E-state index is 6.95. The molecule has 48 heavy (non-hydrogen) atoms. The minimum absolute atomic E-state index is 0.0509. The van der Waals surface area contributed by atoms with Crippen molar-refractivity contribution in [2.45, 2.75) is 0 Å². The van der Waals surface area contributed by atoms with Gasteiger partial charge in [0.2, 0.25) is 0 Å². The SMILES string of the molecule is c1cc2c3c(c1)-c1cccc4c5ccccc5n(c14)B3c1cc3c(cc1O2)B1c2c(cccc2-c2cccc4c5ccccc5n1c24)O3. The molecular formula is C42H22B2N2O2. The van der Waals surface area contributed by atoms with E-state index in [0.717, 1.165) is 33.9 Å². The largest absolute Gasteiger partial charge is 0.458 e. The maximum Gasteiger partial charge on any atom is 0.336 e. The number of hydrogen-bond acceptors (Lipinski definition) is 2. The first-order valence-corrected chi connectivity index (χ1v) is 16.7. The predicted molar refractivity (Wildman–Crippen MR) is 197 cm³/mol. The molecule has 6 heterocycles. The van der Waals surface area contributed by atoms with Crippen molar-refractivity contribution < 1.29 is 9.47 Å². The molecule has 0 aliphatic carbocycles. The molecule has 0 spiro atoms. The van der Waals surface area contributed by atoms with Crippen molar-refractivity contribution in [3.63, 3.8) is 0 Å². The Bertz CT molecular complexity index is 2790. The van der Waals surface area contributed by atoms with E-state index in [0.29, 0.717) is 0 Å². The lowest BCUT2D eigenvalue weighted by Crippen LogP contribution is -2.57. The van der Waals surface area contributed by atoms with Crippen LogP contribution in [0.25, 0.3) is 65.9 Å². The van der Waals surface area contributed by atoms with Crippen LogP contribution in [-0.4, -0.2) is 22.7 Å². The molecule has 0 fully saturated rings. The number of nitrogens with zero attached hydrogens (tertiary/aromatic N) is 2. The average Bonchev–Trinajstić information content (AvgIpc) is 3.65. The van der Waals surface area contributed by atoms with Gasteiger partial charge in [-0.2, -0.15) is 0 Å². The maximum absolute atomic E-state index is 6.95. The first-order chi connectivity index (χ1) is 23.8. The van der Waals surface area contributed by atoms with E-state index in [1.54, 1.807) is 0 Å². The third kappa shape index (κ3) is 2.61. The monoisotopic (exact) mass is 608 g/mol.